The molecule has 86 valence electrons. The van der Waals surface area contributed by atoms with Gasteiger partial charge in [0.15, 0.2) is 17.7 Å². The molecule has 2 bridgehead atoms. The summed E-state index contributed by atoms with van der Waals surface area (Å²) in [5.41, 5.74) is -2.53. The zero-order valence-electron chi connectivity index (χ0n) is 8.52. The number of esters is 1. The number of carbonyl (C=O) groups is 2. The summed E-state index contributed by atoms with van der Waals surface area (Å²) in [6.45, 7) is 3.06. The maximum atomic E-state index is 11.7. The van der Waals surface area contributed by atoms with Crippen molar-refractivity contribution in [2.75, 3.05) is 0 Å². The topological polar surface area (TPSA) is 74.2 Å². The van der Waals surface area contributed by atoms with Gasteiger partial charge in [-0.3, -0.25) is 4.99 Å². The summed E-state index contributed by atoms with van der Waals surface area (Å²) in [5.74, 6) is -0.557. The summed E-state index contributed by atoms with van der Waals surface area (Å²) in [6, 6.07) is 0. The lowest BCUT2D eigenvalue weighted by molar-refractivity contribution is -0.189. The predicted octanol–water partition coefficient (Wildman–Crippen LogP) is 0.615. The molecule has 0 spiro atoms. The molecule has 0 aromatic carbocycles. The number of ether oxygens (including phenoxy) is 3. The molecule has 0 saturated carbocycles. The van der Waals surface area contributed by atoms with Crippen molar-refractivity contribution in [3.63, 3.8) is 0 Å². The van der Waals surface area contributed by atoms with Crippen LogP contribution in [0.3, 0.4) is 0 Å². The minimum absolute atomic E-state index is 0.120. The lowest BCUT2D eigenvalue weighted by Gasteiger charge is -2.48. The van der Waals surface area contributed by atoms with E-state index in [2.05, 4.69) is 4.99 Å². The van der Waals surface area contributed by atoms with Crippen LogP contribution in [-0.4, -0.2) is 40.6 Å². The SMILES string of the molecule is C[C@]12N=C(Cl)[C@](C)(OC1=O)[C@H]1OC(=O)O[C@H]12. The van der Waals surface area contributed by atoms with E-state index in [-0.39, 0.29) is 5.17 Å². The molecule has 0 aromatic heterocycles. The highest BCUT2D eigenvalue weighted by Crippen LogP contribution is 2.47. The summed E-state index contributed by atoms with van der Waals surface area (Å²) in [4.78, 5) is 26.9. The fraction of sp³-hybridized carbons (Fsp3) is 0.667. The molecule has 0 aromatic rings. The Bertz CT molecular complexity index is 449. The van der Waals surface area contributed by atoms with Crippen molar-refractivity contribution < 1.29 is 23.8 Å². The molecule has 2 fully saturated rings. The molecule has 2 saturated heterocycles. The Morgan fingerprint density at radius 1 is 1.25 bits per heavy atom. The molecule has 4 atom stereocenters. The Labute approximate surface area is 95.5 Å². The van der Waals surface area contributed by atoms with E-state index in [4.69, 9.17) is 25.8 Å². The van der Waals surface area contributed by atoms with Crippen LogP contribution in [0.4, 0.5) is 4.79 Å². The highest BCUT2D eigenvalue weighted by atomic mass is 35.5. The lowest BCUT2D eigenvalue weighted by Crippen LogP contribution is -2.71. The van der Waals surface area contributed by atoms with Gasteiger partial charge in [-0.15, -0.1) is 0 Å². The molecular formula is C9H8ClNO5. The number of carbonyl (C=O) groups excluding carboxylic acids is 2. The average Bonchev–Trinajstić information content (AvgIpc) is 2.57. The van der Waals surface area contributed by atoms with Crippen LogP contribution in [0, 0.1) is 0 Å². The molecule has 4 aliphatic heterocycles. The molecule has 4 rings (SSSR count). The summed E-state index contributed by atoms with van der Waals surface area (Å²) < 4.78 is 15.1. The summed E-state index contributed by atoms with van der Waals surface area (Å²) in [7, 11) is 0. The van der Waals surface area contributed by atoms with E-state index in [1.165, 1.54) is 6.92 Å². The molecule has 6 nitrogen and oxygen atoms in total. The van der Waals surface area contributed by atoms with E-state index in [1.807, 2.05) is 0 Å². The zero-order valence-corrected chi connectivity index (χ0v) is 9.28. The normalized spacial score (nSPS) is 49.1. The van der Waals surface area contributed by atoms with Crippen molar-refractivity contribution in [1.82, 2.24) is 0 Å². The number of aliphatic imine (C=N–C) groups is 1. The second-order valence-corrected chi connectivity index (χ2v) is 4.73. The van der Waals surface area contributed by atoms with Gasteiger partial charge >= 0.3 is 12.1 Å². The zero-order chi connectivity index (χ0) is 11.7. The van der Waals surface area contributed by atoms with Gasteiger partial charge in [0.25, 0.3) is 0 Å². The molecule has 0 unspecified atom stereocenters. The second-order valence-electron chi connectivity index (χ2n) is 4.37. The van der Waals surface area contributed by atoms with Gasteiger partial charge in [-0.05, 0) is 13.8 Å². The minimum atomic E-state index is -1.30. The number of halogens is 1. The number of nitrogens with zero attached hydrogens (tertiary/aromatic N) is 1. The van der Waals surface area contributed by atoms with Gasteiger partial charge in [0, 0.05) is 0 Å². The molecule has 0 amide bonds. The Hall–Kier alpha value is -1.30. The smallest absolute Gasteiger partial charge is 0.446 e. The molecule has 4 heterocycles. The van der Waals surface area contributed by atoms with Gasteiger partial charge in [-0.2, -0.15) is 0 Å². The van der Waals surface area contributed by atoms with Crippen LogP contribution in [0.5, 0.6) is 0 Å². The third-order valence-corrected chi connectivity index (χ3v) is 3.74. The Morgan fingerprint density at radius 3 is 2.56 bits per heavy atom. The molecule has 0 radical (unpaired) electrons. The monoisotopic (exact) mass is 245 g/mol. The number of fused-ring (bicyclic) bond motifs is 1. The maximum absolute atomic E-state index is 11.7. The van der Waals surface area contributed by atoms with Crippen molar-refractivity contribution in [2.24, 2.45) is 4.99 Å². The van der Waals surface area contributed by atoms with Crippen molar-refractivity contribution >= 4 is 28.9 Å². The highest BCUT2D eigenvalue weighted by Gasteiger charge is 2.71. The quantitative estimate of drug-likeness (QED) is 0.585. The Balaban J connectivity index is 2.20. The van der Waals surface area contributed by atoms with Gasteiger partial charge in [0.2, 0.25) is 5.60 Å². The molecule has 0 N–H and O–H groups in total. The molecule has 16 heavy (non-hydrogen) atoms. The van der Waals surface area contributed by atoms with Crippen LogP contribution in [0.25, 0.3) is 0 Å². The first-order chi connectivity index (χ1) is 7.38. The fourth-order valence-corrected chi connectivity index (χ4v) is 2.54. The third-order valence-electron chi connectivity index (χ3n) is 3.28. The molecule has 4 aliphatic rings. The van der Waals surface area contributed by atoms with E-state index >= 15 is 0 Å². The minimum Gasteiger partial charge on any atom is -0.446 e. The third kappa shape index (κ3) is 0.870. The van der Waals surface area contributed by atoms with E-state index < -0.39 is 35.5 Å². The standard InChI is InChI=1S/C9H8ClNO5/c1-8-3-4(15-7(13)14-3)9(2,5(10)11-8)16-6(8)12/h3-4H,1-2H3/t3-,4+,8-,9-/m1/s1. The van der Waals surface area contributed by atoms with Gasteiger partial charge < -0.3 is 14.2 Å². The van der Waals surface area contributed by atoms with Crippen LogP contribution >= 0.6 is 11.6 Å². The second kappa shape index (κ2) is 2.51. The first kappa shape index (κ1) is 9.89. The van der Waals surface area contributed by atoms with Crippen molar-refractivity contribution in [1.29, 1.82) is 0 Å². The van der Waals surface area contributed by atoms with Crippen LogP contribution in [-0.2, 0) is 19.0 Å². The highest BCUT2D eigenvalue weighted by molar-refractivity contribution is 6.68. The van der Waals surface area contributed by atoms with Crippen LogP contribution in [0.15, 0.2) is 4.99 Å². The number of hydrogen-bond donors (Lipinski definition) is 0. The maximum Gasteiger partial charge on any atom is 0.509 e. The molecule has 7 heteroatoms. The summed E-state index contributed by atoms with van der Waals surface area (Å²) >= 11 is 5.95. The van der Waals surface area contributed by atoms with E-state index in [9.17, 15) is 9.59 Å². The largest absolute Gasteiger partial charge is 0.509 e. The molecule has 0 aliphatic carbocycles. The predicted molar refractivity (Wildman–Crippen MR) is 51.3 cm³/mol. The van der Waals surface area contributed by atoms with Gasteiger partial charge in [0.1, 0.15) is 5.17 Å². The van der Waals surface area contributed by atoms with Gasteiger partial charge in [-0.1, -0.05) is 11.6 Å². The van der Waals surface area contributed by atoms with Crippen LogP contribution in [0.1, 0.15) is 13.8 Å². The van der Waals surface area contributed by atoms with Crippen molar-refractivity contribution in [3.8, 4) is 0 Å². The Morgan fingerprint density at radius 2 is 1.88 bits per heavy atom. The van der Waals surface area contributed by atoms with Crippen molar-refractivity contribution in [3.05, 3.63) is 0 Å². The molecular weight excluding hydrogens is 238 g/mol. The van der Waals surface area contributed by atoms with E-state index in [0.717, 1.165) is 0 Å². The average molecular weight is 246 g/mol. The van der Waals surface area contributed by atoms with E-state index in [1.54, 1.807) is 6.92 Å². The number of rotatable bonds is 0. The first-order valence-electron chi connectivity index (χ1n) is 4.74. The van der Waals surface area contributed by atoms with Crippen molar-refractivity contribution in [2.45, 2.75) is 37.2 Å². The van der Waals surface area contributed by atoms with Crippen LogP contribution < -0.4 is 0 Å². The lowest BCUT2D eigenvalue weighted by atomic mass is 9.77. The summed E-state index contributed by atoms with van der Waals surface area (Å²) in [6.07, 6.45) is -2.33. The summed E-state index contributed by atoms with van der Waals surface area (Å²) in [5, 5.41) is 0.120. The van der Waals surface area contributed by atoms with Gasteiger partial charge in [-0.25, -0.2) is 9.59 Å². The van der Waals surface area contributed by atoms with Crippen LogP contribution in [0.2, 0.25) is 0 Å². The fourth-order valence-electron chi connectivity index (χ4n) is 2.22. The van der Waals surface area contributed by atoms with E-state index in [0.29, 0.717) is 0 Å². The number of hydrogen-bond acceptors (Lipinski definition) is 6. The van der Waals surface area contributed by atoms with Gasteiger partial charge in [0.05, 0.1) is 0 Å². The Kier molecular flexibility index (Phi) is 1.55. The first-order valence-corrected chi connectivity index (χ1v) is 5.12.